The maximum atomic E-state index is 13.7. The van der Waals surface area contributed by atoms with Gasteiger partial charge in [-0.3, -0.25) is 0 Å². The number of hydrogen-bond donors (Lipinski definition) is 1. The molecule has 0 unspecified atom stereocenters. The van der Waals surface area contributed by atoms with Crippen molar-refractivity contribution < 1.29 is 17.6 Å². The average molecular weight is 300 g/mol. The van der Waals surface area contributed by atoms with Crippen LogP contribution >= 0.6 is 0 Å². The van der Waals surface area contributed by atoms with E-state index in [2.05, 4.69) is 15.3 Å². The average Bonchev–Trinajstić information content (AvgIpc) is 2.45. The van der Waals surface area contributed by atoms with Gasteiger partial charge in [0.15, 0.2) is 0 Å². The first-order chi connectivity index (χ1) is 9.82. The van der Waals surface area contributed by atoms with Crippen molar-refractivity contribution in [2.24, 2.45) is 0 Å². The largest absolute Gasteiger partial charge is 0.451 e. The summed E-state index contributed by atoms with van der Waals surface area (Å²) in [7, 11) is 2.87. The van der Waals surface area contributed by atoms with Crippen LogP contribution in [-0.2, 0) is 6.18 Å². The fourth-order valence-electron chi connectivity index (χ4n) is 1.71. The second kappa shape index (κ2) is 5.55. The van der Waals surface area contributed by atoms with Gasteiger partial charge in [-0.1, -0.05) is 12.1 Å². The van der Waals surface area contributed by atoms with E-state index in [4.69, 9.17) is 0 Å². The van der Waals surface area contributed by atoms with Crippen LogP contribution in [0.3, 0.4) is 0 Å². The number of benzene rings is 1. The molecule has 2 aromatic rings. The highest BCUT2D eigenvalue weighted by Crippen LogP contribution is 2.31. The molecule has 1 aromatic heterocycles. The number of hydrogen-bond acceptors (Lipinski definition) is 4. The van der Waals surface area contributed by atoms with Gasteiger partial charge in [0.2, 0.25) is 5.82 Å². The number of rotatable bonds is 3. The van der Waals surface area contributed by atoms with Crippen molar-refractivity contribution in [3.63, 3.8) is 0 Å². The lowest BCUT2D eigenvalue weighted by Gasteiger charge is -2.20. The molecule has 21 heavy (non-hydrogen) atoms. The highest BCUT2D eigenvalue weighted by Gasteiger charge is 2.35. The molecule has 0 fully saturated rings. The van der Waals surface area contributed by atoms with E-state index >= 15 is 0 Å². The molecule has 0 aliphatic carbocycles. The molecule has 4 nitrogen and oxygen atoms in total. The Hall–Kier alpha value is -2.38. The number of aromatic nitrogens is 2. The molecule has 1 N–H and O–H groups in total. The van der Waals surface area contributed by atoms with Crippen molar-refractivity contribution in [2.45, 2.75) is 6.18 Å². The third kappa shape index (κ3) is 3.21. The molecule has 0 saturated heterocycles. The Kier molecular flexibility index (Phi) is 3.97. The first-order valence-corrected chi connectivity index (χ1v) is 5.95. The Bertz CT molecular complexity index is 642. The highest BCUT2D eigenvalue weighted by molar-refractivity contribution is 5.62. The first-order valence-electron chi connectivity index (χ1n) is 5.95. The predicted molar refractivity (Wildman–Crippen MR) is 71.0 cm³/mol. The van der Waals surface area contributed by atoms with Gasteiger partial charge in [-0.05, 0) is 12.1 Å². The predicted octanol–water partition coefficient (Wildman–Crippen LogP) is 3.44. The summed E-state index contributed by atoms with van der Waals surface area (Å²) in [6.45, 7) is 0. The number of halogens is 4. The summed E-state index contributed by atoms with van der Waals surface area (Å²) in [6, 6.07) is 7.05. The van der Waals surface area contributed by atoms with Crippen LogP contribution in [0.5, 0.6) is 0 Å². The summed E-state index contributed by atoms with van der Waals surface area (Å²) < 4.78 is 52.1. The normalized spacial score (nSPS) is 11.3. The van der Waals surface area contributed by atoms with E-state index < -0.39 is 17.8 Å². The molecule has 1 aromatic carbocycles. The van der Waals surface area contributed by atoms with Crippen LogP contribution in [0.2, 0.25) is 0 Å². The van der Waals surface area contributed by atoms with Crippen molar-refractivity contribution in [3.8, 4) is 0 Å². The maximum Gasteiger partial charge on any atom is 0.451 e. The fourth-order valence-corrected chi connectivity index (χ4v) is 1.71. The van der Waals surface area contributed by atoms with Gasteiger partial charge < -0.3 is 10.2 Å². The maximum absolute atomic E-state index is 13.7. The van der Waals surface area contributed by atoms with Crippen molar-refractivity contribution in [2.75, 3.05) is 24.3 Å². The van der Waals surface area contributed by atoms with Crippen molar-refractivity contribution in [1.82, 2.24) is 9.97 Å². The topological polar surface area (TPSA) is 41.0 Å². The van der Waals surface area contributed by atoms with Crippen LogP contribution < -0.4 is 10.2 Å². The Labute approximate surface area is 118 Å². The monoisotopic (exact) mass is 300 g/mol. The summed E-state index contributed by atoms with van der Waals surface area (Å²) in [5, 5.41) is 2.53. The molecule has 0 atom stereocenters. The minimum atomic E-state index is -4.68. The molecule has 0 radical (unpaired) electrons. The van der Waals surface area contributed by atoms with Gasteiger partial charge in [-0.25, -0.2) is 14.4 Å². The van der Waals surface area contributed by atoms with Crippen molar-refractivity contribution in [1.29, 1.82) is 0 Å². The lowest BCUT2D eigenvalue weighted by molar-refractivity contribution is -0.144. The van der Waals surface area contributed by atoms with Crippen LogP contribution in [0.15, 0.2) is 30.3 Å². The van der Waals surface area contributed by atoms with Crippen LogP contribution in [0.25, 0.3) is 0 Å². The number of para-hydroxylation sites is 1. The molecule has 2 rings (SSSR count). The number of nitrogens with zero attached hydrogens (tertiary/aromatic N) is 3. The summed E-state index contributed by atoms with van der Waals surface area (Å²) in [6.07, 6.45) is -4.68. The number of alkyl halides is 3. The Morgan fingerprint density at radius 2 is 1.81 bits per heavy atom. The summed E-state index contributed by atoms with van der Waals surface area (Å²) in [5.74, 6) is -1.91. The molecule has 0 saturated carbocycles. The minimum absolute atomic E-state index is 0.00415. The molecule has 0 amide bonds. The van der Waals surface area contributed by atoms with Crippen molar-refractivity contribution in [3.05, 3.63) is 42.0 Å². The zero-order valence-electron chi connectivity index (χ0n) is 11.2. The number of anilines is 3. The summed E-state index contributed by atoms with van der Waals surface area (Å²) in [5.41, 5.74) is 0.117. The summed E-state index contributed by atoms with van der Waals surface area (Å²) in [4.78, 5) is 8.04. The zero-order valence-corrected chi connectivity index (χ0v) is 11.2. The molecule has 112 valence electrons. The van der Waals surface area contributed by atoms with E-state index in [9.17, 15) is 17.6 Å². The molecular formula is C13H12F4N4. The molecule has 0 spiro atoms. The quantitative estimate of drug-likeness (QED) is 0.882. The lowest BCUT2D eigenvalue weighted by atomic mass is 10.3. The Morgan fingerprint density at radius 3 is 2.38 bits per heavy atom. The molecule has 0 bridgehead atoms. The van der Waals surface area contributed by atoms with Crippen molar-refractivity contribution >= 4 is 17.3 Å². The van der Waals surface area contributed by atoms with Crippen LogP contribution in [0, 0.1) is 5.82 Å². The molecule has 1 heterocycles. The second-order valence-electron chi connectivity index (χ2n) is 4.19. The third-order valence-corrected chi connectivity index (χ3v) is 2.78. The van der Waals surface area contributed by atoms with E-state index in [0.29, 0.717) is 0 Å². The van der Waals surface area contributed by atoms with Gasteiger partial charge in [0, 0.05) is 20.2 Å². The second-order valence-corrected chi connectivity index (χ2v) is 4.19. The van der Waals surface area contributed by atoms with E-state index in [1.54, 1.807) is 6.07 Å². The van der Waals surface area contributed by atoms with Gasteiger partial charge in [0.25, 0.3) is 0 Å². The SMILES string of the molecule is CNc1cc(N(C)c2ccccc2F)nc(C(F)(F)F)n1. The highest BCUT2D eigenvalue weighted by atomic mass is 19.4. The Morgan fingerprint density at radius 1 is 1.14 bits per heavy atom. The van der Waals surface area contributed by atoms with E-state index in [-0.39, 0.29) is 17.3 Å². The van der Waals surface area contributed by atoms with Gasteiger partial charge in [0.1, 0.15) is 17.5 Å². The van der Waals surface area contributed by atoms with Crippen LogP contribution in [-0.4, -0.2) is 24.1 Å². The molecular weight excluding hydrogens is 288 g/mol. The van der Waals surface area contributed by atoms with E-state index in [1.165, 1.54) is 43.3 Å². The van der Waals surface area contributed by atoms with Gasteiger partial charge in [0.05, 0.1) is 5.69 Å². The van der Waals surface area contributed by atoms with Crippen LogP contribution in [0.4, 0.5) is 34.9 Å². The summed E-state index contributed by atoms with van der Waals surface area (Å²) >= 11 is 0. The van der Waals surface area contributed by atoms with Gasteiger partial charge >= 0.3 is 6.18 Å². The molecule has 0 aliphatic rings. The Balaban J connectivity index is 2.51. The first kappa shape index (κ1) is 15.0. The molecule has 8 heteroatoms. The number of nitrogens with one attached hydrogen (secondary N) is 1. The standard InChI is InChI=1S/C13H12F4N4/c1-18-10-7-11(20-12(19-10)13(15,16)17)21(2)9-6-4-3-5-8(9)14/h3-7H,1-2H3,(H,18,19,20). The van der Waals surface area contributed by atoms with Gasteiger partial charge in [-0.15, -0.1) is 0 Å². The van der Waals surface area contributed by atoms with E-state index in [0.717, 1.165) is 0 Å². The minimum Gasteiger partial charge on any atom is -0.373 e. The third-order valence-electron chi connectivity index (χ3n) is 2.78. The fraction of sp³-hybridized carbons (Fsp3) is 0.231. The van der Waals surface area contributed by atoms with Crippen LogP contribution in [0.1, 0.15) is 5.82 Å². The molecule has 0 aliphatic heterocycles. The van der Waals surface area contributed by atoms with E-state index in [1.807, 2.05) is 0 Å². The smallest absolute Gasteiger partial charge is 0.373 e. The zero-order chi connectivity index (χ0) is 15.6. The lowest BCUT2D eigenvalue weighted by Crippen LogP contribution is -2.18. The van der Waals surface area contributed by atoms with Gasteiger partial charge in [-0.2, -0.15) is 13.2 Å².